The Labute approximate surface area is 132 Å². The van der Waals surface area contributed by atoms with Gasteiger partial charge in [0.25, 0.3) is 0 Å². The van der Waals surface area contributed by atoms with Crippen molar-refractivity contribution in [3.63, 3.8) is 0 Å². The molecule has 1 unspecified atom stereocenters. The molecule has 0 radical (unpaired) electrons. The first-order valence-corrected chi connectivity index (χ1v) is 9.83. The molecule has 7 nitrogen and oxygen atoms in total. The first-order valence-electron chi connectivity index (χ1n) is 8.01. The monoisotopic (exact) mass is 330 g/mol. The fourth-order valence-corrected chi connectivity index (χ4v) is 4.55. The SMILES string of the molecule is NC(=NCCC(=O)NC1CCS(=O)(=O)C1)N1CCCCCC1. The number of hydrogen-bond donors (Lipinski definition) is 2. The van der Waals surface area contributed by atoms with Crippen LogP contribution in [-0.4, -0.2) is 62.4 Å². The summed E-state index contributed by atoms with van der Waals surface area (Å²) in [4.78, 5) is 18.1. The second-order valence-corrected chi connectivity index (χ2v) is 8.29. The van der Waals surface area contributed by atoms with Crippen LogP contribution in [0.1, 0.15) is 38.5 Å². The maximum absolute atomic E-state index is 11.8. The molecule has 1 atom stereocenters. The van der Waals surface area contributed by atoms with Gasteiger partial charge in [0.1, 0.15) is 0 Å². The quantitative estimate of drug-likeness (QED) is 0.552. The van der Waals surface area contributed by atoms with Crippen LogP contribution in [0, 0.1) is 0 Å². The van der Waals surface area contributed by atoms with Gasteiger partial charge in [0, 0.05) is 25.6 Å². The van der Waals surface area contributed by atoms with Crippen molar-refractivity contribution in [2.24, 2.45) is 10.7 Å². The summed E-state index contributed by atoms with van der Waals surface area (Å²) in [7, 11) is -2.96. The highest BCUT2D eigenvalue weighted by Crippen LogP contribution is 2.11. The van der Waals surface area contributed by atoms with Gasteiger partial charge >= 0.3 is 0 Å². The Morgan fingerprint density at radius 3 is 2.50 bits per heavy atom. The molecule has 1 amide bonds. The number of guanidine groups is 1. The third-order valence-corrected chi connectivity index (χ3v) is 5.91. The smallest absolute Gasteiger partial charge is 0.222 e. The molecule has 0 aromatic heterocycles. The molecule has 126 valence electrons. The highest BCUT2D eigenvalue weighted by Gasteiger charge is 2.28. The number of nitrogens with one attached hydrogen (secondary N) is 1. The van der Waals surface area contributed by atoms with E-state index in [4.69, 9.17) is 5.73 Å². The van der Waals surface area contributed by atoms with Crippen LogP contribution in [0.5, 0.6) is 0 Å². The molecule has 8 heteroatoms. The van der Waals surface area contributed by atoms with E-state index in [1.54, 1.807) is 0 Å². The van der Waals surface area contributed by atoms with E-state index in [9.17, 15) is 13.2 Å². The van der Waals surface area contributed by atoms with Gasteiger partial charge in [-0.25, -0.2) is 8.42 Å². The van der Waals surface area contributed by atoms with E-state index in [-0.39, 0.29) is 29.9 Å². The number of likely N-dealkylation sites (tertiary alicyclic amines) is 1. The predicted molar refractivity (Wildman–Crippen MR) is 86.3 cm³/mol. The summed E-state index contributed by atoms with van der Waals surface area (Å²) < 4.78 is 22.7. The molecule has 2 heterocycles. The van der Waals surface area contributed by atoms with Gasteiger partial charge in [-0.3, -0.25) is 9.79 Å². The van der Waals surface area contributed by atoms with E-state index in [0.29, 0.717) is 18.9 Å². The Kier molecular flexibility index (Phi) is 6.05. The molecular weight excluding hydrogens is 304 g/mol. The zero-order chi connectivity index (χ0) is 16.0. The van der Waals surface area contributed by atoms with Crippen molar-refractivity contribution in [3.05, 3.63) is 0 Å². The highest BCUT2D eigenvalue weighted by atomic mass is 32.2. The third-order valence-electron chi connectivity index (χ3n) is 4.14. The second kappa shape index (κ2) is 7.80. The van der Waals surface area contributed by atoms with Crippen LogP contribution in [0.25, 0.3) is 0 Å². The van der Waals surface area contributed by atoms with Crippen molar-refractivity contribution in [1.29, 1.82) is 0 Å². The van der Waals surface area contributed by atoms with E-state index >= 15 is 0 Å². The van der Waals surface area contributed by atoms with Crippen molar-refractivity contribution in [2.75, 3.05) is 31.1 Å². The van der Waals surface area contributed by atoms with E-state index in [0.717, 1.165) is 25.9 Å². The van der Waals surface area contributed by atoms with Gasteiger partial charge in [0.05, 0.1) is 18.1 Å². The maximum Gasteiger partial charge on any atom is 0.222 e. The van der Waals surface area contributed by atoms with Crippen LogP contribution < -0.4 is 11.1 Å². The van der Waals surface area contributed by atoms with Gasteiger partial charge in [-0.15, -0.1) is 0 Å². The molecule has 0 saturated carbocycles. The van der Waals surface area contributed by atoms with E-state index in [1.807, 2.05) is 0 Å². The number of nitrogens with zero attached hydrogens (tertiary/aromatic N) is 2. The largest absolute Gasteiger partial charge is 0.370 e. The zero-order valence-electron chi connectivity index (χ0n) is 13.0. The topological polar surface area (TPSA) is 105 Å². The van der Waals surface area contributed by atoms with Gasteiger partial charge in [0.2, 0.25) is 5.91 Å². The molecule has 2 rings (SSSR count). The minimum absolute atomic E-state index is 0.0535. The summed E-state index contributed by atoms with van der Waals surface area (Å²) in [6.45, 7) is 2.20. The number of amides is 1. The number of rotatable bonds is 4. The lowest BCUT2D eigenvalue weighted by Crippen LogP contribution is -2.38. The molecule has 0 spiro atoms. The normalized spacial score (nSPS) is 25.7. The standard InChI is InChI=1S/C14H26N4O3S/c15-14(18-8-3-1-2-4-9-18)16-7-5-13(19)17-12-6-10-22(20,21)11-12/h12H,1-11H2,(H2,15,16)(H,17,19). The molecule has 22 heavy (non-hydrogen) atoms. The van der Waals surface area contributed by atoms with Crippen molar-refractivity contribution in [1.82, 2.24) is 10.2 Å². The average molecular weight is 330 g/mol. The van der Waals surface area contributed by atoms with Crippen LogP contribution in [0.3, 0.4) is 0 Å². The summed E-state index contributed by atoms with van der Waals surface area (Å²) in [6, 6.07) is -0.246. The molecule has 2 saturated heterocycles. The molecule has 2 fully saturated rings. The van der Waals surface area contributed by atoms with Crippen LogP contribution in [-0.2, 0) is 14.6 Å². The van der Waals surface area contributed by atoms with Crippen molar-refractivity contribution in [2.45, 2.75) is 44.6 Å². The summed E-state index contributed by atoms with van der Waals surface area (Å²) in [5.41, 5.74) is 5.97. The van der Waals surface area contributed by atoms with Crippen LogP contribution in [0.15, 0.2) is 4.99 Å². The Hall–Kier alpha value is -1.31. The summed E-state index contributed by atoms with van der Waals surface area (Å²) in [5.74, 6) is 0.573. The summed E-state index contributed by atoms with van der Waals surface area (Å²) in [6.07, 6.45) is 5.48. The first-order chi connectivity index (χ1) is 10.5. The molecule has 2 aliphatic rings. The molecule has 2 aliphatic heterocycles. The van der Waals surface area contributed by atoms with Gasteiger partial charge in [0.15, 0.2) is 15.8 Å². The predicted octanol–water partition coefficient (Wildman–Crippen LogP) is -0.129. The number of hydrogen-bond acceptors (Lipinski definition) is 4. The molecule has 0 bridgehead atoms. The fourth-order valence-electron chi connectivity index (χ4n) is 2.88. The molecule has 3 N–H and O–H groups in total. The molecule has 0 aromatic rings. The third kappa shape index (κ3) is 5.47. The van der Waals surface area contributed by atoms with Gasteiger partial charge in [-0.1, -0.05) is 12.8 Å². The number of aliphatic imine (C=N–C) groups is 1. The lowest BCUT2D eigenvalue weighted by Gasteiger charge is -2.21. The number of nitrogens with two attached hydrogens (primary N) is 1. The van der Waals surface area contributed by atoms with Crippen molar-refractivity contribution >= 4 is 21.7 Å². The minimum atomic E-state index is -2.96. The van der Waals surface area contributed by atoms with Crippen molar-refractivity contribution < 1.29 is 13.2 Å². The molecule has 0 aromatic carbocycles. The highest BCUT2D eigenvalue weighted by molar-refractivity contribution is 7.91. The average Bonchev–Trinajstić information content (AvgIpc) is 2.68. The number of carbonyl (C=O) groups is 1. The van der Waals surface area contributed by atoms with Crippen molar-refractivity contribution in [3.8, 4) is 0 Å². The van der Waals surface area contributed by atoms with Gasteiger partial charge < -0.3 is 16.0 Å². The van der Waals surface area contributed by atoms with Crippen LogP contribution in [0.2, 0.25) is 0 Å². The van der Waals surface area contributed by atoms with E-state index in [1.165, 1.54) is 12.8 Å². The zero-order valence-corrected chi connectivity index (χ0v) is 13.8. The Morgan fingerprint density at radius 2 is 1.91 bits per heavy atom. The number of carbonyl (C=O) groups excluding carboxylic acids is 1. The van der Waals surface area contributed by atoms with Gasteiger partial charge in [-0.2, -0.15) is 0 Å². The van der Waals surface area contributed by atoms with E-state index < -0.39 is 9.84 Å². The van der Waals surface area contributed by atoms with E-state index in [2.05, 4.69) is 15.2 Å². The van der Waals surface area contributed by atoms with Gasteiger partial charge in [-0.05, 0) is 19.3 Å². The Bertz CT molecular complexity index is 510. The molecular formula is C14H26N4O3S. The first kappa shape index (κ1) is 17.1. The lowest BCUT2D eigenvalue weighted by atomic mass is 10.2. The summed E-state index contributed by atoms with van der Waals surface area (Å²) >= 11 is 0. The fraction of sp³-hybridized carbons (Fsp3) is 0.857. The maximum atomic E-state index is 11.8. The second-order valence-electron chi connectivity index (χ2n) is 6.06. The minimum Gasteiger partial charge on any atom is -0.370 e. The molecule has 0 aliphatic carbocycles. The Balaban J connectivity index is 1.70. The number of sulfone groups is 1. The summed E-state index contributed by atoms with van der Waals surface area (Å²) in [5, 5.41) is 2.76. The van der Waals surface area contributed by atoms with Crippen LogP contribution >= 0.6 is 0 Å². The lowest BCUT2D eigenvalue weighted by molar-refractivity contribution is -0.121. The van der Waals surface area contributed by atoms with Crippen LogP contribution in [0.4, 0.5) is 0 Å². The Morgan fingerprint density at radius 1 is 1.23 bits per heavy atom.